The van der Waals surface area contributed by atoms with Gasteiger partial charge in [-0.05, 0) is 6.92 Å². The van der Waals surface area contributed by atoms with E-state index in [1.807, 2.05) is 5.43 Å². The Kier molecular flexibility index (Phi) is 2.18. The van der Waals surface area contributed by atoms with Gasteiger partial charge in [0.15, 0.2) is 17.5 Å². The minimum atomic E-state index is -1.37. The van der Waals surface area contributed by atoms with Gasteiger partial charge in [-0.3, -0.25) is 0 Å². The zero-order chi connectivity index (χ0) is 9.30. The number of aromatic nitrogens is 1. The van der Waals surface area contributed by atoms with Crippen molar-refractivity contribution in [3.8, 4) is 0 Å². The van der Waals surface area contributed by atoms with Crippen LogP contribution in [0.5, 0.6) is 0 Å². The van der Waals surface area contributed by atoms with Gasteiger partial charge in [-0.25, -0.2) is 14.6 Å². The smallest absolute Gasteiger partial charge is 0.251 e. The van der Waals surface area contributed by atoms with Crippen LogP contribution in [-0.2, 0) is 0 Å². The van der Waals surface area contributed by atoms with Crippen molar-refractivity contribution < 1.29 is 13.2 Å². The minimum absolute atomic E-state index is 0.449. The molecule has 0 aliphatic rings. The van der Waals surface area contributed by atoms with E-state index in [1.165, 1.54) is 0 Å². The number of nitrogens with two attached hydrogens (primary N) is 1. The second-order valence-corrected chi connectivity index (χ2v) is 2.15. The second kappa shape index (κ2) is 2.98. The maximum Gasteiger partial charge on any atom is 0.251 e. The lowest BCUT2D eigenvalue weighted by Crippen LogP contribution is -2.13. The van der Waals surface area contributed by atoms with Crippen LogP contribution in [0.1, 0.15) is 5.56 Å². The maximum absolute atomic E-state index is 12.8. The molecule has 0 aliphatic heterocycles. The van der Waals surface area contributed by atoms with Crippen LogP contribution in [0.3, 0.4) is 0 Å². The molecule has 0 saturated heterocycles. The molecular weight excluding hydrogens is 171 g/mol. The highest BCUT2D eigenvalue weighted by molar-refractivity contribution is 5.38. The number of pyridine rings is 1. The molecule has 1 rings (SSSR count). The van der Waals surface area contributed by atoms with E-state index in [1.54, 1.807) is 0 Å². The van der Waals surface area contributed by atoms with Crippen LogP contribution in [0.4, 0.5) is 19.0 Å². The summed E-state index contributed by atoms with van der Waals surface area (Å²) < 4.78 is 37.9. The Morgan fingerprint density at radius 2 is 1.83 bits per heavy atom. The Morgan fingerprint density at radius 3 is 2.33 bits per heavy atom. The van der Waals surface area contributed by atoms with E-state index in [-0.39, 0.29) is 0 Å². The quantitative estimate of drug-likeness (QED) is 0.383. The summed E-state index contributed by atoms with van der Waals surface area (Å²) in [4.78, 5) is 2.90. The first-order valence-electron chi connectivity index (χ1n) is 3.05. The Hall–Kier alpha value is -1.30. The van der Waals surface area contributed by atoms with E-state index in [9.17, 15) is 13.2 Å². The van der Waals surface area contributed by atoms with Crippen LogP contribution in [-0.4, -0.2) is 4.98 Å². The zero-order valence-corrected chi connectivity index (χ0v) is 6.16. The van der Waals surface area contributed by atoms with Crippen LogP contribution in [0.15, 0.2) is 0 Å². The van der Waals surface area contributed by atoms with Gasteiger partial charge in [-0.1, -0.05) is 0 Å². The van der Waals surface area contributed by atoms with Crippen LogP contribution < -0.4 is 11.3 Å². The third-order valence-corrected chi connectivity index (χ3v) is 1.39. The largest absolute Gasteiger partial charge is 0.306 e. The van der Waals surface area contributed by atoms with Crippen LogP contribution in [0.2, 0.25) is 0 Å². The number of anilines is 1. The molecule has 0 fully saturated rings. The van der Waals surface area contributed by atoms with Crippen molar-refractivity contribution >= 4 is 5.82 Å². The highest BCUT2D eigenvalue weighted by Gasteiger charge is 2.15. The Bertz CT molecular complexity index is 313. The minimum Gasteiger partial charge on any atom is -0.306 e. The molecule has 1 aromatic rings. The number of hydrogen-bond donors (Lipinski definition) is 2. The molecule has 0 saturated carbocycles. The SMILES string of the molecule is Cc1c(F)c(F)nc(NN)c1F. The first-order chi connectivity index (χ1) is 5.57. The topological polar surface area (TPSA) is 50.9 Å². The summed E-state index contributed by atoms with van der Waals surface area (Å²) in [6.45, 7) is 1.09. The van der Waals surface area contributed by atoms with Gasteiger partial charge < -0.3 is 5.43 Å². The zero-order valence-electron chi connectivity index (χ0n) is 6.16. The molecule has 3 nitrogen and oxygen atoms in total. The molecule has 6 heteroatoms. The average Bonchev–Trinajstić information content (AvgIpc) is 2.08. The summed E-state index contributed by atoms with van der Waals surface area (Å²) in [5, 5.41) is 0. The van der Waals surface area contributed by atoms with Gasteiger partial charge in [0.1, 0.15) is 0 Å². The monoisotopic (exact) mass is 177 g/mol. The predicted octanol–water partition coefficient (Wildman–Crippen LogP) is 1.09. The lowest BCUT2D eigenvalue weighted by Gasteiger charge is -2.04. The fourth-order valence-electron chi connectivity index (χ4n) is 0.721. The summed E-state index contributed by atoms with van der Waals surface area (Å²) in [7, 11) is 0. The van der Waals surface area contributed by atoms with Crippen molar-refractivity contribution in [2.75, 3.05) is 5.43 Å². The molecule has 0 aliphatic carbocycles. The maximum atomic E-state index is 12.8. The van der Waals surface area contributed by atoms with E-state index in [0.717, 1.165) is 6.92 Å². The normalized spacial score (nSPS) is 10.1. The highest BCUT2D eigenvalue weighted by Crippen LogP contribution is 2.18. The van der Waals surface area contributed by atoms with Gasteiger partial charge in [0.25, 0.3) is 5.95 Å². The van der Waals surface area contributed by atoms with E-state index < -0.39 is 29.0 Å². The predicted molar refractivity (Wildman–Crippen MR) is 36.7 cm³/mol. The lowest BCUT2D eigenvalue weighted by molar-refractivity contribution is 0.459. The van der Waals surface area contributed by atoms with Crippen molar-refractivity contribution in [3.63, 3.8) is 0 Å². The molecular formula is C6H6F3N3. The summed E-state index contributed by atoms with van der Waals surface area (Å²) in [5.41, 5.74) is 1.36. The molecule has 0 unspecified atom stereocenters. The van der Waals surface area contributed by atoms with Crippen molar-refractivity contribution in [3.05, 3.63) is 23.1 Å². The van der Waals surface area contributed by atoms with E-state index in [2.05, 4.69) is 4.98 Å². The van der Waals surface area contributed by atoms with Gasteiger partial charge in [0.05, 0.1) is 0 Å². The number of hydrogen-bond acceptors (Lipinski definition) is 3. The molecule has 0 amide bonds. The summed E-state index contributed by atoms with van der Waals surface area (Å²) in [6.07, 6.45) is 0. The van der Waals surface area contributed by atoms with Crippen LogP contribution in [0, 0.1) is 24.5 Å². The molecule has 0 radical (unpaired) electrons. The third kappa shape index (κ3) is 1.20. The molecule has 0 spiro atoms. The Labute approximate surface area is 66.4 Å². The summed E-state index contributed by atoms with van der Waals surface area (Å²) >= 11 is 0. The molecule has 12 heavy (non-hydrogen) atoms. The average molecular weight is 177 g/mol. The second-order valence-electron chi connectivity index (χ2n) is 2.15. The lowest BCUT2D eigenvalue weighted by atomic mass is 10.2. The summed E-state index contributed by atoms with van der Waals surface area (Å²) in [5.74, 6) is 0.627. The van der Waals surface area contributed by atoms with Crippen molar-refractivity contribution in [1.29, 1.82) is 0 Å². The summed E-state index contributed by atoms with van der Waals surface area (Å²) in [6, 6.07) is 0. The Balaban J connectivity index is 3.39. The van der Waals surface area contributed by atoms with E-state index in [4.69, 9.17) is 5.84 Å². The first kappa shape index (κ1) is 8.79. The van der Waals surface area contributed by atoms with Crippen molar-refractivity contribution in [2.45, 2.75) is 6.92 Å². The molecule has 66 valence electrons. The van der Waals surface area contributed by atoms with E-state index in [0.29, 0.717) is 0 Å². The van der Waals surface area contributed by atoms with E-state index >= 15 is 0 Å². The number of rotatable bonds is 1. The van der Waals surface area contributed by atoms with Gasteiger partial charge in [0.2, 0.25) is 0 Å². The fraction of sp³-hybridized carbons (Fsp3) is 0.167. The number of nitrogens with one attached hydrogen (secondary N) is 1. The third-order valence-electron chi connectivity index (χ3n) is 1.39. The van der Waals surface area contributed by atoms with Gasteiger partial charge in [-0.15, -0.1) is 0 Å². The standard InChI is InChI=1S/C6H6F3N3/c1-2-3(7)5(9)11-6(12-10)4(2)8/h10H2,1H3,(H,11,12). The molecule has 1 aromatic heterocycles. The van der Waals surface area contributed by atoms with Crippen molar-refractivity contribution in [1.82, 2.24) is 4.98 Å². The molecule has 0 atom stereocenters. The number of hydrazine groups is 1. The Morgan fingerprint density at radius 1 is 1.25 bits per heavy atom. The highest BCUT2D eigenvalue weighted by atomic mass is 19.2. The van der Waals surface area contributed by atoms with Gasteiger partial charge in [-0.2, -0.15) is 9.37 Å². The number of nitrogen functional groups attached to an aromatic ring is 1. The number of nitrogens with zero attached hydrogens (tertiary/aromatic N) is 1. The first-order valence-corrected chi connectivity index (χ1v) is 3.05. The fourth-order valence-corrected chi connectivity index (χ4v) is 0.721. The molecule has 0 bridgehead atoms. The number of halogens is 3. The van der Waals surface area contributed by atoms with Gasteiger partial charge in [0, 0.05) is 5.56 Å². The van der Waals surface area contributed by atoms with Crippen LogP contribution in [0.25, 0.3) is 0 Å². The molecule has 3 N–H and O–H groups in total. The molecule has 0 aromatic carbocycles. The van der Waals surface area contributed by atoms with Crippen LogP contribution >= 0.6 is 0 Å². The van der Waals surface area contributed by atoms with Gasteiger partial charge >= 0.3 is 0 Å². The molecule has 1 heterocycles. The van der Waals surface area contributed by atoms with Crippen molar-refractivity contribution in [2.24, 2.45) is 5.84 Å².